The molecule has 0 aliphatic heterocycles. The van der Waals surface area contributed by atoms with Crippen LogP contribution in [0, 0.1) is 21.8 Å². The highest BCUT2D eigenvalue weighted by Gasteiger charge is 2.15. The van der Waals surface area contributed by atoms with Gasteiger partial charge in [0.25, 0.3) is 5.91 Å². The van der Waals surface area contributed by atoms with Crippen LogP contribution in [-0.4, -0.2) is 12.0 Å². The normalized spacial score (nSPS) is 11.4. The summed E-state index contributed by atoms with van der Waals surface area (Å²) in [6.07, 6.45) is -0.633. The lowest BCUT2D eigenvalue weighted by Crippen LogP contribution is -2.30. The molecule has 0 heterocycles. The number of benzene rings is 2. The molecule has 0 aliphatic carbocycles. The number of amides is 1. The minimum atomic E-state index is -0.633. The largest absolute Gasteiger partial charge is 0.481 e. The molecule has 0 radical (unpaired) electrons. The van der Waals surface area contributed by atoms with Crippen LogP contribution in [0.4, 0.5) is 5.69 Å². The summed E-state index contributed by atoms with van der Waals surface area (Å²) in [6.45, 7) is 3.71. The van der Waals surface area contributed by atoms with Gasteiger partial charge in [0.2, 0.25) is 0 Å². The van der Waals surface area contributed by atoms with E-state index < -0.39 is 6.10 Å². The van der Waals surface area contributed by atoms with E-state index in [0.717, 1.165) is 9.26 Å². The Bertz CT molecular complexity index is 720. The third kappa shape index (κ3) is 4.21. The molecule has 2 aromatic rings. The number of hydrogen-bond donors (Lipinski definition) is 1. The Kier molecular flexibility index (Phi) is 5.39. The first-order valence-corrected chi connectivity index (χ1v) is 7.81. The van der Waals surface area contributed by atoms with E-state index >= 15 is 0 Å². The van der Waals surface area contributed by atoms with Crippen molar-refractivity contribution in [3.8, 4) is 11.8 Å². The average Bonchev–Trinajstić information content (AvgIpc) is 2.51. The minimum Gasteiger partial charge on any atom is -0.481 e. The highest BCUT2D eigenvalue weighted by atomic mass is 127. The molecule has 0 saturated heterocycles. The van der Waals surface area contributed by atoms with E-state index in [1.165, 1.54) is 5.56 Å². The zero-order valence-corrected chi connectivity index (χ0v) is 14.4. The fourth-order valence-electron chi connectivity index (χ4n) is 1.78. The number of rotatable bonds is 4. The van der Waals surface area contributed by atoms with Crippen LogP contribution in [-0.2, 0) is 4.79 Å². The second kappa shape index (κ2) is 7.27. The number of nitrogens with one attached hydrogen (secondary N) is 1. The summed E-state index contributed by atoms with van der Waals surface area (Å²) < 4.78 is 6.67. The van der Waals surface area contributed by atoms with Gasteiger partial charge in [0.1, 0.15) is 5.75 Å². The van der Waals surface area contributed by atoms with E-state index in [1.54, 1.807) is 31.2 Å². The van der Waals surface area contributed by atoms with Gasteiger partial charge in [-0.05, 0) is 78.4 Å². The predicted octanol–water partition coefficient (Wildman–Crippen LogP) is 3.88. The number of hydrogen-bond acceptors (Lipinski definition) is 3. The zero-order valence-electron chi connectivity index (χ0n) is 12.3. The molecule has 4 nitrogen and oxygen atoms in total. The van der Waals surface area contributed by atoms with Crippen molar-refractivity contribution in [1.29, 1.82) is 5.26 Å². The van der Waals surface area contributed by atoms with Crippen molar-refractivity contribution in [2.24, 2.45) is 0 Å². The van der Waals surface area contributed by atoms with E-state index in [4.69, 9.17) is 10.00 Å². The number of aryl methyl sites for hydroxylation is 1. The standard InChI is InChI=1S/C17H15IN2O2/c1-11-3-6-14(9-16(11)18)20-17(21)12(2)22-15-7-4-13(10-19)5-8-15/h3-9,12H,1-2H3,(H,20,21). The average molecular weight is 406 g/mol. The van der Waals surface area contributed by atoms with E-state index in [-0.39, 0.29) is 5.91 Å². The third-order valence-corrected chi connectivity index (χ3v) is 4.27. The first-order chi connectivity index (χ1) is 10.5. The molecule has 2 rings (SSSR count). The quantitative estimate of drug-likeness (QED) is 0.785. The topological polar surface area (TPSA) is 62.1 Å². The summed E-state index contributed by atoms with van der Waals surface area (Å²) in [7, 11) is 0. The van der Waals surface area contributed by atoms with Crippen LogP contribution in [0.2, 0.25) is 0 Å². The molecule has 1 amide bonds. The Balaban J connectivity index is 1.99. The van der Waals surface area contributed by atoms with Gasteiger partial charge in [0, 0.05) is 9.26 Å². The maximum Gasteiger partial charge on any atom is 0.265 e. The molecule has 1 atom stereocenters. The van der Waals surface area contributed by atoms with Crippen LogP contribution in [0.25, 0.3) is 0 Å². The Hall–Kier alpha value is -2.07. The van der Waals surface area contributed by atoms with Crippen molar-refractivity contribution in [3.05, 3.63) is 57.2 Å². The number of nitriles is 1. The fourth-order valence-corrected chi connectivity index (χ4v) is 2.30. The fraction of sp³-hybridized carbons (Fsp3) is 0.176. The summed E-state index contributed by atoms with van der Waals surface area (Å²) in [5.74, 6) is 0.337. The monoisotopic (exact) mass is 406 g/mol. The Morgan fingerprint density at radius 1 is 1.27 bits per heavy atom. The summed E-state index contributed by atoms with van der Waals surface area (Å²) >= 11 is 2.23. The predicted molar refractivity (Wildman–Crippen MR) is 93.8 cm³/mol. The van der Waals surface area contributed by atoms with Crippen molar-refractivity contribution in [1.82, 2.24) is 0 Å². The Labute approximate surface area is 143 Å². The highest BCUT2D eigenvalue weighted by Crippen LogP contribution is 2.18. The van der Waals surface area contributed by atoms with Gasteiger partial charge in [-0.3, -0.25) is 4.79 Å². The molecule has 1 N–H and O–H groups in total. The van der Waals surface area contributed by atoms with Gasteiger partial charge in [-0.25, -0.2) is 0 Å². The zero-order chi connectivity index (χ0) is 16.1. The van der Waals surface area contributed by atoms with Crippen molar-refractivity contribution < 1.29 is 9.53 Å². The van der Waals surface area contributed by atoms with Gasteiger partial charge in [-0.1, -0.05) is 6.07 Å². The SMILES string of the molecule is Cc1ccc(NC(=O)C(C)Oc2ccc(C#N)cc2)cc1I. The van der Waals surface area contributed by atoms with Crippen molar-refractivity contribution in [2.75, 3.05) is 5.32 Å². The van der Waals surface area contributed by atoms with E-state index in [0.29, 0.717) is 11.3 Å². The second-order valence-electron chi connectivity index (χ2n) is 4.85. The summed E-state index contributed by atoms with van der Waals surface area (Å²) in [6, 6.07) is 14.4. The maximum atomic E-state index is 12.1. The van der Waals surface area contributed by atoms with Crippen LogP contribution in [0.5, 0.6) is 5.75 Å². The first kappa shape index (κ1) is 16.3. The molecule has 0 aromatic heterocycles. The molecule has 0 bridgehead atoms. The molecule has 0 saturated carbocycles. The number of nitrogens with zero attached hydrogens (tertiary/aromatic N) is 1. The molecule has 0 spiro atoms. The van der Waals surface area contributed by atoms with Crippen LogP contribution < -0.4 is 10.1 Å². The van der Waals surface area contributed by atoms with Crippen molar-refractivity contribution in [2.45, 2.75) is 20.0 Å². The van der Waals surface area contributed by atoms with Gasteiger partial charge in [0.05, 0.1) is 11.6 Å². The van der Waals surface area contributed by atoms with E-state index in [1.807, 2.05) is 31.2 Å². The molecular formula is C17H15IN2O2. The van der Waals surface area contributed by atoms with Crippen LogP contribution >= 0.6 is 22.6 Å². The Morgan fingerprint density at radius 3 is 2.55 bits per heavy atom. The highest BCUT2D eigenvalue weighted by molar-refractivity contribution is 14.1. The number of carbonyl (C=O) groups is 1. The number of halogens is 1. The number of carbonyl (C=O) groups excluding carboxylic acids is 1. The van der Waals surface area contributed by atoms with Gasteiger partial charge in [0.15, 0.2) is 6.10 Å². The molecule has 1 unspecified atom stereocenters. The van der Waals surface area contributed by atoms with Gasteiger partial charge in [-0.15, -0.1) is 0 Å². The second-order valence-corrected chi connectivity index (χ2v) is 6.01. The molecule has 2 aromatic carbocycles. The summed E-state index contributed by atoms with van der Waals surface area (Å²) in [5, 5.41) is 11.6. The molecular weight excluding hydrogens is 391 g/mol. The lowest BCUT2D eigenvalue weighted by Gasteiger charge is -2.15. The number of ether oxygens (including phenoxy) is 1. The van der Waals surface area contributed by atoms with Crippen LogP contribution in [0.3, 0.4) is 0 Å². The molecule has 0 fully saturated rings. The van der Waals surface area contributed by atoms with Crippen molar-refractivity contribution in [3.63, 3.8) is 0 Å². The molecule has 112 valence electrons. The van der Waals surface area contributed by atoms with Gasteiger partial charge < -0.3 is 10.1 Å². The van der Waals surface area contributed by atoms with Gasteiger partial charge >= 0.3 is 0 Å². The van der Waals surface area contributed by atoms with Crippen LogP contribution in [0.15, 0.2) is 42.5 Å². The van der Waals surface area contributed by atoms with Gasteiger partial charge in [-0.2, -0.15) is 5.26 Å². The summed E-state index contributed by atoms with van der Waals surface area (Å²) in [5.41, 5.74) is 2.47. The molecule has 0 aliphatic rings. The van der Waals surface area contributed by atoms with E-state index in [2.05, 4.69) is 27.9 Å². The lowest BCUT2D eigenvalue weighted by molar-refractivity contribution is -0.122. The van der Waals surface area contributed by atoms with E-state index in [9.17, 15) is 4.79 Å². The smallest absolute Gasteiger partial charge is 0.265 e. The Morgan fingerprint density at radius 2 is 1.95 bits per heavy atom. The maximum absolute atomic E-state index is 12.1. The first-order valence-electron chi connectivity index (χ1n) is 6.73. The molecule has 22 heavy (non-hydrogen) atoms. The minimum absolute atomic E-state index is 0.219. The van der Waals surface area contributed by atoms with Crippen LogP contribution in [0.1, 0.15) is 18.1 Å². The third-order valence-electron chi connectivity index (χ3n) is 3.10. The summed E-state index contributed by atoms with van der Waals surface area (Å²) in [4.78, 5) is 12.1. The molecule has 5 heteroatoms. The number of anilines is 1. The van der Waals surface area contributed by atoms with Crippen molar-refractivity contribution >= 4 is 34.2 Å². The lowest BCUT2D eigenvalue weighted by atomic mass is 10.2.